The Morgan fingerprint density at radius 1 is 0.327 bits per heavy atom. The predicted octanol–water partition coefficient (Wildman–Crippen LogP) is 17.2. The Kier molecular flexibility index (Phi) is 43.8. The molecule has 1 atom stereocenters. The molecule has 0 aliphatic carbocycles. The van der Waals surface area contributed by atoms with E-state index in [9.17, 15) is 9.59 Å². The molecule has 0 fully saturated rings. The number of esters is 1. The Bertz CT molecular complexity index is 703. The van der Waals surface area contributed by atoms with Crippen molar-refractivity contribution in [3.8, 4) is 0 Å². The quantitative estimate of drug-likeness (QED) is 0.0356. The van der Waals surface area contributed by atoms with Crippen LogP contribution in [0.3, 0.4) is 0 Å². The smallest absolute Gasteiger partial charge is 0.316 e. The molecular weight excluding hydrogens is 637 g/mol. The largest absolute Gasteiger partial charge is 0.465 e. The first-order valence-corrected chi connectivity index (χ1v) is 24.4. The molecule has 0 aromatic heterocycles. The molecule has 3 heteroatoms. The van der Waals surface area contributed by atoms with Crippen LogP contribution < -0.4 is 0 Å². The van der Waals surface area contributed by atoms with E-state index in [4.69, 9.17) is 4.74 Å². The number of ether oxygens (including phenoxy) is 1. The third kappa shape index (κ3) is 38.9. The van der Waals surface area contributed by atoms with Gasteiger partial charge in [0, 0.05) is 6.42 Å². The van der Waals surface area contributed by atoms with Crippen LogP contribution in [0, 0.1) is 5.92 Å². The standard InChI is InChI=1S/C49H96O3/c1-4-7-10-13-16-19-22-24-26-28-30-33-36-39-42-45-48(50)47(44-41-38-35-32-29-27-25-23-20-17-14-11-8-5-2)49(51)52-46-43-40-37-34-31-21-18-15-12-9-6-3/h47H,4-46H2,1-3H3. The zero-order valence-electron chi connectivity index (χ0n) is 36.2. The Hall–Kier alpha value is -0.860. The second-order valence-corrected chi connectivity index (χ2v) is 16.8. The molecule has 3 nitrogen and oxygen atoms in total. The molecule has 0 aliphatic heterocycles. The summed E-state index contributed by atoms with van der Waals surface area (Å²) in [5.74, 6) is -0.613. The molecule has 0 aliphatic rings. The fourth-order valence-electron chi connectivity index (χ4n) is 7.84. The van der Waals surface area contributed by atoms with Gasteiger partial charge >= 0.3 is 5.97 Å². The van der Waals surface area contributed by atoms with Gasteiger partial charge in [-0.25, -0.2) is 0 Å². The van der Waals surface area contributed by atoms with Crippen molar-refractivity contribution in [1.82, 2.24) is 0 Å². The van der Waals surface area contributed by atoms with Crippen LogP contribution in [-0.4, -0.2) is 18.4 Å². The van der Waals surface area contributed by atoms with Gasteiger partial charge in [-0.2, -0.15) is 0 Å². The molecule has 0 N–H and O–H groups in total. The first-order chi connectivity index (χ1) is 25.7. The minimum Gasteiger partial charge on any atom is -0.465 e. The average molecular weight is 733 g/mol. The van der Waals surface area contributed by atoms with E-state index in [0.29, 0.717) is 19.4 Å². The summed E-state index contributed by atoms with van der Waals surface area (Å²) < 4.78 is 5.75. The van der Waals surface area contributed by atoms with Gasteiger partial charge in [-0.05, 0) is 19.3 Å². The van der Waals surface area contributed by atoms with E-state index in [2.05, 4.69) is 20.8 Å². The van der Waals surface area contributed by atoms with E-state index in [-0.39, 0.29) is 11.8 Å². The van der Waals surface area contributed by atoms with Crippen LogP contribution in [0.15, 0.2) is 0 Å². The van der Waals surface area contributed by atoms with Crippen LogP contribution >= 0.6 is 0 Å². The molecule has 0 radical (unpaired) electrons. The molecule has 0 aromatic carbocycles. The summed E-state index contributed by atoms with van der Waals surface area (Å²) in [6, 6.07) is 0. The van der Waals surface area contributed by atoms with Crippen molar-refractivity contribution in [2.75, 3.05) is 6.61 Å². The van der Waals surface area contributed by atoms with Crippen LogP contribution in [0.25, 0.3) is 0 Å². The number of carbonyl (C=O) groups is 2. The second-order valence-electron chi connectivity index (χ2n) is 16.8. The summed E-state index contributed by atoms with van der Waals surface area (Å²) in [7, 11) is 0. The highest BCUT2D eigenvalue weighted by Gasteiger charge is 2.27. The van der Waals surface area contributed by atoms with E-state index in [0.717, 1.165) is 38.5 Å². The molecule has 52 heavy (non-hydrogen) atoms. The molecule has 0 heterocycles. The summed E-state index contributed by atoms with van der Waals surface area (Å²) >= 11 is 0. The number of ketones is 1. The Balaban J connectivity index is 4.21. The SMILES string of the molecule is CCCCCCCCCCCCCCCCCC(=O)C(CCCCCCCCCCCCCCCC)C(=O)OCCCCCCCCCCCCC. The average Bonchev–Trinajstić information content (AvgIpc) is 3.15. The zero-order chi connectivity index (χ0) is 37.8. The van der Waals surface area contributed by atoms with Gasteiger partial charge in [0.25, 0.3) is 0 Å². The second kappa shape index (κ2) is 44.5. The summed E-state index contributed by atoms with van der Waals surface area (Å²) in [6.45, 7) is 7.34. The molecule has 0 aromatic rings. The molecule has 0 saturated heterocycles. The lowest BCUT2D eigenvalue weighted by atomic mass is 9.92. The van der Waals surface area contributed by atoms with Gasteiger partial charge < -0.3 is 4.74 Å². The van der Waals surface area contributed by atoms with E-state index >= 15 is 0 Å². The molecule has 0 rings (SSSR count). The number of rotatable bonds is 45. The third-order valence-electron chi connectivity index (χ3n) is 11.5. The van der Waals surface area contributed by atoms with E-state index in [1.807, 2.05) is 0 Å². The highest BCUT2D eigenvalue weighted by Crippen LogP contribution is 2.20. The minimum atomic E-state index is -0.531. The van der Waals surface area contributed by atoms with Crippen LogP contribution in [0.1, 0.15) is 290 Å². The van der Waals surface area contributed by atoms with Gasteiger partial charge in [-0.1, -0.05) is 265 Å². The van der Waals surface area contributed by atoms with E-state index in [1.165, 1.54) is 218 Å². The molecule has 0 bridgehead atoms. The van der Waals surface area contributed by atoms with Gasteiger partial charge in [-0.15, -0.1) is 0 Å². The van der Waals surface area contributed by atoms with Crippen molar-refractivity contribution in [3.63, 3.8) is 0 Å². The molecule has 0 saturated carbocycles. The maximum atomic E-state index is 13.3. The number of carbonyl (C=O) groups excluding carboxylic acids is 2. The van der Waals surface area contributed by atoms with Gasteiger partial charge in [0.05, 0.1) is 6.61 Å². The highest BCUT2D eigenvalue weighted by molar-refractivity contribution is 5.98. The number of Topliss-reactive ketones (excluding diaryl/α,β-unsaturated/α-hetero) is 1. The molecule has 310 valence electrons. The van der Waals surface area contributed by atoms with Crippen molar-refractivity contribution >= 4 is 11.8 Å². The topological polar surface area (TPSA) is 43.4 Å². The van der Waals surface area contributed by atoms with Gasteiger partial charge in [0.15, 0.2) is 0 Å². The Morgan fingerprint density at radius 2 is 0.577 bits per heavy atom. The van der Waals surface area contributed by atoms with Crippen LogP contribution in [0.5, 0.6) is 0 Å². The normalized spacial score (nSPS) is 12.1. The number of unbranched alkanes of at least 4 members (excludes halogenated alkanes) is 37. The zero-order valence-corrected chi connectivity index (χ0v) is 36.2. The maximum absolute atomic E-state index is 13.3. The van der Waals surface area contributed by atoms with Crippen molar-refractivity contribution in [1.29, 1.82) is 0 Å². The summed E-state index contributed by atoms with van der Waals surface area (Å²) in [4.78, 5) is 26.5. The minimum absolute atomic E-state index is 0.147. The lowest BCUT2D eigenvalue weighted by Crippen LogP contribution is -2.26. The summed E-state index contributed by atoms with van der Waals surface area (Å²) in [5, 5.41) is 0. The molecular formula is C49H96O3. The van der Waals surface area contributed by atoms with Crippen molar-refractivity contribution in [2.45, 2.75) is 290 Å². The summed E-state index contributed by atoms with van der Waals surface area (Å²) in [6.07, 6.45) is 53.7. The highest BCUT2D eigenvalue weighted by atomic mass is 16.5. The summed E-state index contributed by atoms with van der Waals surface area (Å²) in [5.41, 5.74) is 0. The molecule has 1 unspecified atom stereocenters. The first kappa shape index (κ1) is 51.1. The van der Waals surface area contributed by atoms with Crippen LogP contribution in [0.4, 0.5) is 0 Å². The first-order valence-electron chi connectivity index (χ1n) is 24.4. The molecule has 0 amide bonds. The van der Waals surface area contributed by atoms with Crippen LogP contribution in [-0.2, 0) is 14.3 Å². The van der Waals surface area contributed by atoms with Crippen LogP contribution in [0.2, 0.25) is 0 Å². The fourth-order valence-corrected chi connectivity index (χ4v) is 7.84. The van der Waals surface area contributed by atoms with Gasteiger partial charge in [0.2, 0.25) is 0 Å². The van der Waals surface area contributed by atoms with E-state index in [1.54, 1.807) is 0 Å². The Labute approximate surface area is 328 Å². The van der Waals surface area contributed by atoms with E-state index < -0.39 is 5.92 Å². The maximum Gasteiger partial charge on any atom is 0.316 e. The van der Waals surface area contributed by atoms with Gasteiger partial charge in [-0.3, -0.25) is 9.59 Å². The lowest BCUT2D eigenvalue weighted by Gasteiger charge is -2.15. The fraction of sp³-hybridized carbons (Fsp3) is 0.959. The lowest BCUT2D eigenvalue weighted by molar-refractivity contribution is -0.152. The van der Waals surface area contributed by atoms with Crippen molar-refractivity contribution in [2.24, 2.45) is 5.92 Å². The Morgan fingerprint density at radius 3 is 0.885 bits per heavy atom. The predicted molar refractivity (Wildman–Crippen MR) is 230 cm³/mol. The van der Waals surface area contributed by atoms with Gasteiger partial charge in [0.1, 0.15) is 11.7 Å². The third-order valence-corrected chi connectivity index (χ3v) is 11.5. The van der Waals surface area contributed by atoms with Crippen molar-refractivity contribution in [3.05, 3.63) is 0 Å². The van der Waals surface area contributed by atoms with Crippen molar-refractivity contribution < 1.29 is 14.3 Å². The number of hydrogen-bond donors (Lipinski definition) is 0. The molecule has 0 spiro atoms. The monoisotopic (exact) mass is 733 g/mol. The number of hydrogen-bond acceptors (Lipinski definition) is 3.